The average molecular weight is 344 g/mol. The van der Waals surface area contributed by atoms with E-state index >= 15 is 0 Å². The molecule has 0 spiro atoms. The van der Waals surface area contributed by atoms with Crippen molar-refractivity contribution in [3.8, 4) is 0 Å². The maximum atomic E-state index is 12.6. The summed E-state index contributed by atoms with van der Waals surface area (Å²) in [5, 5.41) is 0. The van der Waals surface area contributed by atoms with Gasteiger partial charge >= 0.3 is 6.18 Å². The summed E-state index contributed by atoms with van der Waals surface area (Å²) in [6.07, 6.45) is -6.74. The van der Waals surface area contributed by atoms with E-state index in [2.05, 4.69) is 0 Å². The van der Waals surface area contributed by atoms with E-state index < -0.39 is 24.6 Å². The SMILES string of the molecule is CO[C@H](C(=O)N1CCN(C(=O)CC(F)(F)F)CC1)c1ccccc1. The maximum absolute atomic E-state index is 12.6. The number of nitrogens with zero attached hydrogens (tertiary/aromatic N) is 2. The smallest absolute Gasteiger partial charge is 0.367 e. The van der Waals surface area contributed by atoms with Crippen molar-refractivity contribution in [3.63, 3.8) is 0 Å². The van der Waals surface area contributed by atoms with Crippen molar-refractivity contribution in [3.05, 3.63) is 35.9 Å². The third kappa shape index (κ3) is 4.70. The van der Waals surface area contributed by atoms with Crippen molar-refractivity contribution in [1.82, 2.24) is 9.80 Å². The number of hydrogen-bond acceptors (Lipinski definition) is 3. The highest BCUT2D eigenvalue weighted by atomic mass is 19.4. The number of benzene rings is 1. The molecule has 1 saturated heterocycles. The van der Waals surface area contributed by atoms with Crippen LogP contribution in [0.3, 0.4) is 0 Å². The lowest BCUT2D eigenvalue weighted by Crippen LogP contribution is -2.52. The third-order valence-corrected chi connectivity index (χ3v) is 3.86. The first kappa shape index (κ1) is 18.3. The molecular weight excluding hydrogens is 325 g/mol. The van der Waals surface area contributed by atoms with Crippen LogP contribution in [-0.2, 0) is 14.3 Å². The van der Waals surface area contributed by atoms with E-state index in [1.165, 1.54) is 12.0 Å². The molecule has 24 heavy (non-hydrogen) atoms. The summed E-state index contributed by atoms with van der Waals surface area (Å²) in [7, 11) is 1.43. The van der Waals surface area contributed by atoms with Gasteiger partial charge in [0.05, 0.1) is 0 Å². The summed E-state index contributed by atoms with van der Waals surface area (Å²) in [6, 6.07) is 8.96. The zero-order valence-corrected chi connectivity index (χ0v) is 13.3. The van der Waals surface area contributed by atoms with Gasteiger partial charge in [0.15, 0.2) is 6.10 Å². The number of rotatable bonds is 4. The van der Waals surface area contributed by atoms with Gasteiger partial charge in [0.25, 0.3) is 5.91 Å². The van der Waals surface area contributed by atoms with Crippen LogP contribution in [0.4, 0.5) is 13.2 Å². The van der Waals surface area contributed by atoms with Gasteiger partial charge in [-0.1, -0.05) is 30.3 Å². The third-order valence-electron chi connectivity index (χ3n) is 3.86. The Morgan fingerprint density at radius 1 is 1.08 bits per heavy atom. The minimum Gasteiger partial charge on any atom is -0.367 e. The van der Waals surface area contributed by atoms with Gasteiger partial charge < -0.3 is 14.5 Å². The number of methoxy groups -OCH3 is 1. The first-order chi connectivity index (χ1) is 11.3. The number of carbonyl (C=O) groups excluding carboxylic acids is 2. The highest BCUT2D eigenvalue weighted by Gasteiger charge is 2.35. The van der Waals surface area contributed by atoms with E-state index in [4.69, 9.17) is 4.74 Å². The monoisotopic (exact) mass is 344 g/mol. The molecule has 0 aliphatic carbocycles. The Balaban J connectivity index is 1.94. The predicted molar refractivity (Wildman–Crippen MR) is 80.0 cm³/mol. The Labute approximate surface area is 138 Å². The van der Waals surface area contributed by atoms with Crippen molar-refractivity contribution in [1.29, 1.82) is 0 Å². The van der Waals surface area contributed by atoms with Gasteiger partial charge in [0.2, 0.25) is 5.91 Å². The van der Waals surface area contributed by atoms with E-state index in [1.807, 2.05) is 6.07 Å². The Morgan fingerprint density at radius 3 is 2.12 bits per heavy atom. The molecule has 1 aliphatic heterocycles. The largest absolute Gasteiger partial charge is 0.397 e. The second kappa shape index (κ2) is 7.65. The molecule has 0 radical (unpaired) electrons. The molecule has 0 bridgehead atoms. The van der Waals surface area contributed by atoms with Gasteiger partial charge in [-0.2, -0.15) is 13.2 Å². The quantitative estimate of drug-likeness (QED) is 0.839. The summed E-state index contributed by atoms with van der Waals surface area (Å²) in [5.74, 6) is -1.22. The van der Waals surface area contributed by atoms with Crippen molar-refractivity contribution in [2.45, 2.75) is 18.7 Å². The van der Waals surface area contributed by atoms with E-state index in [9.17, 15) is 22.8 Å². The molecule has 1 heterocycles. The van der Waals surface area contributed by atoms with Crippen molar-refractivity contribution >= 4 is 11.8 Å². The summed E-state index contributed by atoms with van der Waals surface area (Å²) in [4.78, 5) is 26.8. The van der Waals surface area contributed by atoms with Crippen molar-refractivity contribution in [2.75, 3.05) is 33.3 Å². The Kier molecular flexibility index (Phi) is 5.82. The molecule has 132 valence electrons. The fourth-order valence-electron chi connectivity index (χ4n) is 2.63. The van der Waals surface area contributed by atoms with Crippen LogP contribution >= 0.6 is 0 Å². The van der Waals surface area contributed by atoms with Crippen LogP contribution in [0.15, 0.2) is 30.3 Å². The molecule has 8 heteroatoms. The molecule has 1 aliphatic rings. The summed E-state index contributed by atoms with van der Waals surface area (Å²) in [5.41, 5.74) is 0.709. The van der Waals surface area contributed by atoms with E-state index in [-0.39, 0.29) is 32.1 Å². The number of halogens is 3. The van der Waals surface area contributed by atoms with Crippen molar-refractivity contribution in [2.24, 2.45) is 0 Å². The Hall–Kier alpha value is -2.09. The fraction of sp³-hybridized carbons (Fsp3) is 0.500. The lowest BCUT2D eigenvalue weighted by atomic mass is 10.1. The minimum atomic E-state index is -4.52. The van der Waals surface area contributed by atoms with E-state index in [0.717, 1.165) is 4.90 Å². The molecule has 2 amide bonds. The fourth-order valence-corrected chi connectivity index (χ4v) is 2.63. The lowest BCUT2D eigenvalue weighted by Gasteiger charge is -2.36. The van der Waals surface area contributed by atoms with Crippen LogP contribution in [-0.4, -0.2) is 61.1 Å². The zero-order valence-electron chi connectivity index (χ0n) is 13.3. The lowest BCUT2D eigenvalue weighted by molar-refractivity contribution is -0.164. The number of piperazine rings is 1. The van der Waals surface area contributed by atoms with Crippen LogP contribution in [0, 0.1) is 0 Å². The van der Waals surface area contributed by atoms with Crippen molar-refractivity contribution < 1.29 is 27.5 Å². The van der Waals surface area contributed by atoms with Gasteiger partial charge in [-0.15, -0.1) is 0 Å². The predicted octanol–water partition coefficient (Wildman–Crippen LogP) is 2.00. The highest BCUT2D eigenvalue weighted by molar-refractivity contribution is 5.83. The standard InChI is InChI=1S/C16H19F3N2O3/c1-24-14(12-5-3-2-4-6-12)15(23)21-9-7-20(8-10-21)13(22)11-16(17,18)19/h2-6,14H,7-11H2,1H3/t14-/m0/s1. The summed E-state index contributed by atoms with van der Waals surface area (Å²) < 4.78 is 42.1. The molecule has 1 fully saturated rings. The van der Waals surface area contributed by atoms with Crippen LogP contribution in [0.5, 0.6) is 0 Å². The highest BCUT2D eigenvalue weighted by Crippen LogP contribution is 2.23. The van der Waals surface area contributed by atoms with Crippen LogP contribution < -0.4 is 0 Å². The molecule has 1 aromatic rings. The molecule has 0 N–H and O–H groups in total. The number of carbonyl (C=O) groups is 2. The molecule has 5 nitrogen and oxygen atoms in total. The molecule has 2 rings (SSSR count). The van der Waals surface area contributed by atoms with E-state index in [1.54, 1.807) is 24.3 Å². The number of hydrogen-bond donors (Lipinski definition) is 0. The topological polar surface area (TPSA) is 49.9 Å². The molecular formula is C16H19F3N2O3. The van der Waals surface area contributed by atoms with E-state index in [0.29, 0.717) is 5.56 Å². The van der Waals surface area contributed by atoms with Gasteiger partial charge in [-0.05, 0) is 5.56 Å². The molecule has 0 saturated carbocycles. The summed E-state index contributed by atoms with van der Waals surface area (Å²) >= 11 is 0. The molecule has 0 unspecified atom stereocenters. The second-order valence-electron chi connectivity index (χ2n) is 5.52. The van der Waals surface area contributed by atoms with Gasteiger partial charge in [-0.25, -0.2) is 0 Å². The van der Waals surface area contributed by atoms with Gasteiger partial charge in [0.1, 0.15) is 6.42 Å². The number of ether oxygens (including phenoxy) is 1. The van der Waals surface area contributed by atoms with Crippen LogP contribution in [0.25, 0.3) is 0 Å². The summed E-state index contributed by atoms with van der Waals surface area (Å²) in [6.45, 7) is 0.558. The Bertz CT molecular complexity index is 570. The zero-order chi connectivity index (χ0) is 17.7. The molecule has 1 atom stereocenters. The van der Waals surface area contributed by atoms with Crippen LogP contribution in [0.1, 0.15) is 18.1 Å². The van der Waals surface area contributed by atoms with Crippen LogP contribution in [0.2, 0.25) is 0 Å². The Morgan fingerprint density at radius 2 is 1.62 bits per heavy atom. The van der Waals surface area contributed by atoms with Gasteiger partial charge in [-0.3, -0.25) is 9.59 Å². The molecule has 1 aromatic carbocycles. The first-order valence-electron chi connectivity index (χ1n) is 7.53. The molecule has 0 aromatic heterocycles. The average Bonchev–Trinajstić information content (AvgIpc) is 2.55. The second-order valence-corrected chi connectivity index (χ2v) is 5.52. The number of amides is 2. The first-order valence-corrected chi connectivity index (χ1v) is 7.53. The minimum absolute atomic E-state index is 0.0892. The maximum Gasteiger partial charge on any atom is 0.397 e. The normalized spacial score (nSPS) is 16.8. The number of alkyl halides is 3. The van der Waals surface area contributed by atoms with Gasteiger partial charge in [0, 0.05) is 33.3 Å².